The minimum Gasteiger partial charge on any atom is -0.496 e. The number of hydrogen-bond acceptors (Lipinski definition) is 10. The second-order valence-corrected chi connectivity index (χ2v) is 15.3. The van der Waals surface area contributed by atoms with Crippen LogP contribution in [0.5, 0.6) is 5.75 Å². The molecule has 1 atom stereocenters. The van der Waals surface area contributed by atoms with Crippen LogP contribution in [0.15, 0.2) is 169 Å². The molecule has 0 bridgehead atoms. The topological polar surface area (TPSA) is 180 Å². The van der Waals surface area contributed by atoms with Crippen LogP contribution in [0, 0.1) is 13.8 Å². The highest BCUT2D eigenvalue weighted by molar-refractivity contribution is 6.47. The summed E-state index contributed by atoms with van der Waals surface area (Å²) in [6.45, 7) is 6.08. The first-order valence-corrected chi connectivity index (χ1v) is 21.3. The Kier molecular flexibility index (Phi) is 16.9. The summed E-state index contributed by atoms with van der Waals surface area (Å²) in [4.78, 5) is 66.3. The van der Waals surface area contributed by atoms with Gasteiger partial charge in [-0.1, -0.05) is 108 Å². The van der Waals surface area contributed by atoms with Gasteiger partial charge in [0.1, 0.15) is 5.75 Å². The normalized spacial score (nSPS) is 12.2. The molecule has 0 spiro atoms. The highest BCUT2D eigenvalue weighted by Crippen LogP contribution is 2.32. The summed E-state index contributed by atoms with van der Waals surface area (Å²) < 4.78 is 10.6. The van der Waals surface area contributed by atoms with Gasteiger partial charge in [-0.2, -0.15) is 0 Å². The van der Waals surface area contributed by atoms with Crippen molar-refractivity contribution in [1.29, 1.82) is 0 Å². The Morgan fingerprint density at radius 2 is 1.14 bits per heavy atom. The maximum absolute atomic E-state index is 12.1. The lowest BCUT2D eigenvalue weighted by molar-refractivity contribution is -0.124. The van der Waals surface area contributed by atoms with Crippen LogP contribution >= 0.6 is 0 Å². The zero-order valence-corrected chi connectivity index (χ0v) is 36.9. The molecule has 0 aliphatic carbocycles. The van der Waals surface area contributed by atoms with E-state index in [9.17, 15) is 29.1 Å². The quantitative estimate of drug-likeness (QED) is 0.0682. The Hall–Kier alpha value is -8.16. The molecule has 1 saturated heterocycles. The number of ether oxygens (including phenoxy) is 1. The van der Waals surface area contributed by atoms with Gasteiger partial charge in [0.2, 0.25) is 0 Å². The summed E-state index contributed by atoms with van der Waals surface area (Å²) in [6.07, 6.45) is 5.52. The number of anilines is 4. The van der Waals surface area contributed by atoms with E-state index in [1.807, 2.05) is 68.4 Å². The van der Waals surface area contributed by atoms with Crippen molar-refractivity contribution in [1.82, 2.24) is 4.98 Å². The van der Waals surface area contributed by atoms with E-state index < -0.39 is 35.4 Å². The second-order valence-electron chi connectivity index (χ2n) is 15.3. The number of piperidine rings is 1. The van der Waals surface area contributed by atoms with Crippen molar-refractivity contribution in [2.24, 2.45) is 0 Å². The zero-order valence-electron chi connectivity index (χ0n) is 36.9. The van der Waals surface area contributed by atoms with Gasteiger partial charge < -0.3 is 35.1 Å². The van der Waals surface area contributed by atoms with Crippen LogP contribution < -0.4 is 25.6 Å². The molecule has 1 aromatic heterocycles. The van der Waals surface area contributed by atoms with Crippen LogP contribution in [0.1, 0.15) is 62.8 Å². The summed E-state index contributed by atoms with van der Waals surface area (Å²) >= 11 is 0. The molecule has 1 unspecified atom stereocenters. The van der Waals surface area contributed by atoms with Gasteiger partial charge in [0.15, 0.2) is 18.3 Å². The van der Waals surface area contributed by atoms with Crippen LogP contribution in [0.4, 0.5) is 22.7 Å². The number of benzene rings is 6. The Balaban J connectivity index is 0.000000165. The van der Waals surface area contributed by atoms with Crippen LogP contribution in [-0.4, -0.2) is 59.6 Å². The summed E-state index contributed by atoms with van der Waals surface area (Å²) in [5.41, 5.74) is 7.13. The lowest BCUT2D eigenvalue weighted by Crippen LogP contribution is -2.29. The number of aliphatic hydroxyl groups excluding tert-OH is 1. The summed E-state index contributed by atoms with van der Waals surface area (Å²) in [6, 6.07) is 44.4. The fourth-order valence-corrected chi connectivity index (χ4v) is 6.80. The molecule has 1 aliphatic heterocycles. The predicted octanol–water partition coefficient (Wildman–Crippen LogP) is 9.65. The number of aryl methyl sites for hydroxylation is 2. The van der Waals surface area contributed by atoms with E-state index in [1.165, 1.54) is 38.5 Å². The number of rotatable bonds is 12. The van der Waals surface area contributed by atoms with E-state index in [2.05, 4.69) is 25.8 Å². The maximum Gasteiger partial charge on any atom is 0.296 e. The van der Waals surface area contributed by atoms with Crippen molar-refractivity contribution in [3.8, 4) is 17.1 Å². The SMILES string of the molecule is COc1cc(NC(=O)C(=O)c2ccccc2)ccc1-c1cnco1.Cc1ccc(NC(=O)C(=O)c2ccc(C)cc2)cc1.O=C(Nc1ccc(N2CCCCC2)cc1)C(O)c1ccccc1. The Morgan fingerprint density at radius 3 is 1.71 bits per heavy atom. The van der Waals surface area contributed by atoms with Gasteiger partial charge in [0.25, 0.3) is 29.3 Å². The first-order valence-electron chi connectivity index (χ1n) is 21.3. The third kappa shape index (κ3) is 13.4. The van der Waals surface area contributed by atoms with Crippen molar-refractivity contribution in [2.45, 2.75) is 39.2 Å². The highest BCUT2D eigenvalue weighted by atomic mass is 16.5. The smallest absolute Gasteiger partial charge is 0.296 e. The molecule has 0 saturated carbocycles. The molecule has 8 rings (SSSR count). The van der Waals surface area contributed by atoms with Gasteiger partial charge in [-0.25, -0.2) is 4.98 Å². The molecule has 3 amide bonds. The van der Waals surface area contributed by atoms with Gasteiger partial charge in [0.05, 0.1) is 18.9 Å². The zero-order chi connectivity index (χ0) is 46.8. The van der Waals surface area contributed by atoms with Crippen molar-refractivity contribution in [3.05, 3.63) is 192 Å². The van der Waals surface area contributed by atoms with Gasteiger partial charge in [-0.05, 0) is 87.2 Å². The average Bonchev–Trinajstić information content (AvgIpc) is 3.91. The largest absolute Gasteiger partial charge is 0.496 e. The van der Waals surface area contributed by atoms with Gasteiger partial charge >= 0.3 is 0 Å². The van der Waals surface area contributed by atoms with E-state index in [1.54, 1.807) is 103 Å². The molecule has 2 heterocycles. The average molecular weight is 886 g/mol. The van der Waals surface area contributed by atoms with Crippen molar-refractivity contribution in [2.75, 3.05) is 41.0 Å². The lowest BCUT2D eigenvalue weighted by Gasteiger charge is -2.28. The number of carbonyl (C=O) groups is 5. The fraction of sp³-hybridized carbons (Fsp3) is 0.170. The third-order valence-corrected chi connectivity index (χ3v) is 10.4. The van der Waals surface area contributed by atoms with Gasteiger partial charge in [-0.3, -0.25) is 24.0 Å². The minimum absolute atomic E-state index is 0.334. The molecule has 6 aromatic carbocycles. The van der Waals surface area contributed by atoms with Crippen molar-refractivity contribution < 1.29 is 38.2 Å². The standard InChI is InChI=1S/C19H22N2O2.C18H14N2O4.C16H15NO2/c22-18(15-7-3-1-4-8-15)19(23)20-16-9-11-17(12-10-16)21-13-5-2-6-14-21;1-23-15-9-13(7-8-14(15)16-10-19-11-24-16)20-18(22)17(21)12-5-3-2-4-6-12;1-11-3-7-13(8-4-11)15(18)16(19)17-14-9-5-12(2)6-10-14/h1,3-4,7-12,18,22H,2,5-6,13-14H2,(H,20,23);2-11H,1H3,(H,20,22);3-10H,1-2H3,(H,17,19). The van der Waals surface area contributed by atoms with Crippen LogP contribution in [0.3, 0.4) is 0 Å². The summed E-state index contributed by atoms with van der Waals surface area (Å²) in [7, 11) is 1.51. The number of aliphatic hydroxyl groups is 1. The van der Waals surface area contributed by atoms with Crippen molar-refractivity contribution >= 4 is 52.0 Å². The van der Waals surface area contributed by atoms with Crippen molar-refractivity contribution in [3.63, 3.8) is 0 Å². The Morgan fingerprint density at radius 1 is 0.621 bits per heavy atom. The van der Waals surface area contributed by atoms with Crippen LogP contribution in [0.2, 0.25) is 0 Å². The Bertz CT molecular complexity index is 2680. The molecule has 13 heteroatoms. The summed E-state index contributed by atoms with van der Waals surface area (Å²) in [5.74, 6) is -1.83. The molecule has 13 nitrogen and oxygen atoms in total. The van der Waals surface area contributed by atoms with E-state index >= 15 is 0 Å². The van der Waals surface area contributed by atoms with Crippen LogP contribution in [0.25, 0.3) is 11.3 Å². The molecule has 1 aliphatic rings. The number of nitrogens with one attached hydrogen (secondary N) is 3. The predicted molar refractivity (Wildman–Crippen MR) is 256 cm³/mol. The molecule has 336 valence electrons. The molecule has 66 heavy (non-hydrogen) atoms. The number of oxazole rings is 1. The molecule has 4 N–H and O–H groups in total. The number of aromatic nitrogens is 1. The summed E-state index contributed by atoms with van der Waals surface area (Å²) in [5, 5.41) is 18.0. The number of methoxy groups -OCH3 is 1. The number of nitrogens with zero attached hydrogens (tertiary/aromatic N) is 2. The number of carbonyl (C=O) groups excluding carboxylic acids is 5. The number of Topliss-reactive ketones (excluding diaryl/α,β-unsaturated/α-hetero) is 2. The fourth-order valence-electron chi connectivity index (χ4n) is 6.80. The van der Waals surface area contributed by atoms with Gasteiger partial charge in [0, 0.05) is 53.0 Å². The molecule has 7 aromatic rings. The highest BCUT2D eigenvalue weighted by Gasteiger charge is 2.20. The second kappa shape index (κ2) is 23.5. The Labute approximate surface area is 383 Å². The number of hydrogen-bond donors (Lipinski definition) is 4. The van der Waals surface area contributed by atoms with E-state index in [4.69, 9.17) is 9.15 Å². The molecular weight excluding hydrogens is 835 g/mol. The van der Waals surface area contributed by atoms with E-state index in [0.717, 1.165) is 24.2 Å². The third-order valence-electron chi connectivity index (χ3n) is 10.4. The monoisotopic (exact) mass is 885 g/mol. The van der Waals surface area contributed by atoms with E-state index in [-0.39, 0.29) is 0 Å². The van der Waals surface area contributed by atoms with Gasteiger partial charge in [-0.15, -0.1) is 0 Å². The molecule has 1 fully saturated rings. The minimum atomic E-state index is -1.15. The molecule has 0 radical (unpaired) electrons. The molecular formula is C53H51N5O8. The number of amides is 3. The van der Waals surface area contributed by atoms with E-state index in [0.29, 0.717) is 50.8 Å². The lowest BCUT2D eigenvalue weighted by atomic mass is 10.1. The van der Waals surface area contributed by atoms with Crippen LogP contribution in [-0.2, 0) is 14.4 Å². The maximum atomic E-state index is 12.1. The first-order chi connectivity index (χ1) is 32.0. The number of ketones is 2. The first kappa shape index (κ1) is 47.3.